The summed E-state index contributed by atoms with van der Waals surface area (Å²) in [6.45, 7) is 0. The van der Waals surface area contributed by atoms with Gasteiger partial charge in [-0.3, -0.25) is 14.8 Å². The highest BCUT2D eigenvalue weighted by molar-refractivity contribution is 9.10. The van der Waals surface area contributed by atoms with Gasteiger partial charge in [-0.15, -0.1) is 0 Å². The fourth-order valence-electron chi connectivity index (χ4n) is 1.28. The summed E-state index contributed by atoms with van der Waals surface area (Å²) in [6.07, 6.45) is 4.05. The molecule has 0 fully saturated rings. The zero-order chi connectivity index (χ0) is 14.0. The molecule has 4 N–H and O–H groups in total. The van der Waals surface area contributed by atoms with Gasteiger partial charge in [0.05, 0.1) is 11.8 Å². The fourth-order valence-corrected chi connectivity index (χ4v) is 2.98. The van der Waals surface area contributed by atoms with Gasteiger partial charge in [-0.2, -0.15) is 5.10 Å². The van der Waals surface area contributed by atoms with Crippen molar-refractivity contribution in [3.05, 3.63) is 34.7 Å². The van der Waals surface area contributed by atoms with E-state index in [9.17, 15) is 8.42 Å². The van der Waals surface area contributed by atoms with E-state index in [0.29, 0.717) is 10.0 Å². The van der Waals surface area contributed by atoms with E-state index < -0.39 is 10.0 Å². The molecule has 0 amide bonds. The summed E-state index contributed by atoms with van der Waals surface area (Å²) < 4.78 is 27.1. The fraction of sp³-hybridized carbons (Fsp3) is 0. The molecule has 19 heavy (non-hydrogen) atoms. The Labute approximate surface area is 122 Å². The van der Waals surface area contributed by atoms with Crippen LogP contribution in [0.15, 0.2) is 34.0 Å². The predicted molar refractivity (Wildman–Crippen MR) is 77.2 cm³/mol. The molecule has 0 aliphatic heterocycles. The van der Waals surface area contributed by atoms with Gasteiger partial charge in [0.25, 0.3) is 10.0 Å². The molecule has 0 atom stereocenters. The first-order valence-corrected chi connectivity index (χ1v) is 7.55. The van der Waals surface area contributed by atoms with Crippen LogP contribution in [-0.2, 0) is 10.0 Å². The molecule has 0 aliphatic rings. The van der Waals surface area contributed by atoms with E-state index in [-0.39, 0.29) is 15.7 Å². The summed E-state index contributed by atoms with van der Waals surface area (Å²) >= 11 is 7.95. The first-order valence-electron chi connectivity index (χ1n) is 4.86. The lowest BCUT2D eigenvalue weighted by Gasteiger charge is -2.07. The summed E-state index contributed by atoms with van der Waals surface area (Å²) in [4.78, 5) is 3.84. The summed E-state index contributed by atoms with van der Waals surface area (Å²) in [5, 5.41) is 6.18. The third-order valence-electron chi connectivity index (χ3n) is 2.13. The molecule has 0 aromatic carbocycles. The highest BCUT2D eigenvalue weighted by Crippen LogP contribution is 2.19. The van der Waals surface area contributed by atoms with Crippen molar-refractivity contribution in [1.82, 2.24) is 15.2 Å². The molecule has 0 saturated heterocycles. The van der Waals surface area contributed by atoms with Gasteiger partial charge in [0, 0.05) is 16.9 Å². The number of hydrogen-bond donors (Lipinski definition) is 3. The van der Waals surface area contributed by atoms with Crippen LogP contribution in [0.1, 0.15) is 5.56 Å². The van der Waals surface area contributed by atoms with Gasteiger partial charge in [-0.05, 0) is 22.0 Å². The first kappa shape index (κ1) is 13.9. The van der Waals surface area contributed by atoms with Crippen LogP contribution >= 0.6 is 28.1 Å². The van der Waals surface area contributed by atoms with Crippen molar-refractivity contribution in [2.45, 2.75) is 4.90 Å². The van der Waals surface area contributed by atoms with Crippen molar-refractivity contribution in [2.24, 2.45) is 5.73 Å². The molecule has 0 bridgehead atoms. The number of rotatable bonds is 4. The molecular formula is C9H8BrN5O2S2. The Morgan fingerprint density at radius 1 is 1.42 bits per heavy atom. The molecule has 0 radical (unpaired) electrons. The Hall–Kier alpha value is -1.52. The Morgan fingerprint density at radius 3 is 2.79 bits per heavy atom. The van der Waals surface area contributed by atoms with Crippen molar-refractivity contribution in [3.63, 3.8) is 0 Å². The van der Waals surface area contributed by atoms with Crippen molar-refractivity contribution >= 4 is 49.0 Å². The second kappa shape index (κ2) is 5.23. The monoisotopic (exact) mass is 361 g/mol. The van der Waals surface area contributed by atoms with Crippen LogP contribution in [0.3, 0.4) is 0 Å². The maximum absolute atomic E-state index is 12.1. The molecule has 7 nitrogen and oxygen atoms in total. The number of nitrogens with one attached hydrogen (secondary N) is 2. The summed E-state index contributed by atoms with van der Waals surface area (Å²) in [6, 6.07) is 1.42. The summed E-state index contributed by atoms with van der Waals surface area (Å²) in [7, 11) is -3.79. The second-order valence-electron chi connectivity index (χ2n) is 3.47. The molecule has 0 unspecified atom stereocenters. The minimum absolute atomic E-state index is 0.00497. The van der Waals surface area contributed by atoms with Gasteiger partial charge in [-0.25, -0.2) is 8.42 Å². The lowest BCUT2D eigenvalue weighted by atomic mass is 10.3. The zero-order valence-electron chi connectivity index (χ0n) is 9.29. The number of nitrogens with zero attached hydrogens (tertiary/aromatic N) is 2. The van der Waals surface area contributed by atoms with Crippen molar-refractivity contribution in [1.29, 1.82) is 0 Å². The van der Waals surface area contributed by atoms with E-state index >= 15 is 0 Å². The van der Waals surface area contributed by atoms with E-state index in [2.05, 4.69) is 35.8 Å². The molecule has 2 heterocycles. The van der Waals surface area contributed by atoms with Crippen LogP contribution < -0.4 is 10.5 Å². The maximum Gasteiger partial charge on any atom is 0.264 e. The minimum atomic E-state index is -3.79. The Bertz CT molecular complexity index is 728. The van der Waals surface area contributed by atoms with Crippen LogP contribution in [-0.4, -0.2) is 28.6 Å². The zero-order valence-corrected chi connectivity index (χ0v) is 12.5. The number of H-pyrrole nitrogens is 1. The number of sulfonamides is 1. The molecule has 100 valence electrons. The molecule has 0 aliphatic carbocycles. The van der Waals surface area contributed by atoms with E-state index in [1.165, 1.54) is 24.7 Å². The maximum atomic E-state index is 12.1. The smallest absolute Gasteiger partial charge is 0.264 e. The summed E-state index contributed by atoms with van der Waals surface area (Å²) in [5.41, 5.74) is 5.78. The Morgan fingerprint density at radius 2 is 2.16 bits per heavy atom. The number of hydrogen-bond acceptors (Lipinski definition) is 5. The Kier molecular flexibility index (Phi) is 3.83. The second-order valence-corrected chi connectivity index (χ2v) is 6.51. The normalized spacial score (nSPS) is 11.2. The van der Waals surface area contributed by atoms with Crippen LogP contribution in [0.4, 0.5) is 5.82 Å². The number of thiocarbonyl (C=S) groups is 1. The average Bonchev–Trinajstić information content (AvgIpc) is 2.76. The highest BCUT2D eigenvalue weighted by atomic mass is 79.9. The Balaban J connectivity index is 2.37. The number of aromatic amines is 1. The van der Waals surface area contributed by atoms with Crippen LogP contribution in [0.25, 0.3) is 0 Å². The van der Waals surface area contributed by atoms with Gasteiger partial charge in [-0.1, -0.05) is 12.2 Å². The third-order valence-corrected chi connectivity index (χ3v) is 4.10. The third kappa shape index (κ3) is 3.08. The standard InChI is InChI=1S/C9H8BrN5O2S2/c10-5-1-6(3-12-2-5)19(16,17)15-9-7(8(11)18)4-13-14-9/h1-4H,(H2,11,18)(H2,13,14,15). The van der Waals surface area contributed by atoms with E-state index in [0.717, 1.165) is 0 Å². The number of anilines is 1. The lowest BCUT2D eigenvalue weighted by molar-refractivity contribution is 0.600. The van der Waals surface area contributed by atoms with E-state index in [1.54, 1.807) is 0 Å². The predicted octanol–water partition coefficient (Wildman–Crippen LogP) is 1.00. The quantitative estimate of drug-likeness (QED) is 0.700. The van der Waals surface area contributed by atoms with Crippen LogP contribution in [0.2, 0.25) is 0 Å². The van der Waals surface area contributed by atoms with Crippen molar-refractivity contribution < 1.29 is 8.42 Å². The first-order chi connectivity index (χ1) is 8.90. The number of halogens is 1. The van der Waals surface area contributed by atoms with Crippen LogP contribution in [0, 0.1) is 0 Å². The van der Waals surface area contributed by atoms with Gasteiger partial charge in [0.2, 0.25) is 0 Å². The number of nitrogens with two attached hydrogens (primary N) is 1. The molecule has 2 aromatic rings. The van der Waals surface area contributed by atoms with Crippen LogP contribution in [0.5, 0.6) is 0 Å². The number of aromatic nitrogens is 3. The van der Waals surface area contributed by atoms with Crippen molar-refractivity contribution in [3.8, 4) is 0 Å². The van der Waals surface area contributed by atoms with E-state index in [4.69, 9.17) is 18.0 Å². The summed E-state index contributed by atoms with van der Waals surface area (Å²) in [5.74, 6) is 0.118. The molecular weight excluding hydrogens is 354 g/mol. The van der Waals surface area contributed by atoms with Gasteiger partial charge < -0.3 is 5.73 Å². The van der Waals surface area contributed by atoms with Gasteiger partial charge >= 0.3 is 0 Å². The SMILES string of the molecule is NC(=S)c1cn[nH]c1NS(=O)(=O)c1cncc(Br)c1. The highest BCUT2D eigenvalue weighted by Gasteiger charge is 2.18. The average molecular weight is 362 g/mol. The number of pyridine rings is 1. The molecule has 10 heteroatoms. The molecule has 0 saturated carbocycles. The molecule has 2 rings (SSSR count). The topological polar surface area (TPSA) is 114 Å². The lowest BCUT2D eigenvalue weighted by Crippen LogP contribution is -2.17. The minimum Gasteiger partial charge on any atom is -0.389 e. The molecule has 2 aromatic heterocycles. The van der Waals surface area contributed by atoms with Crippen molar-refractivity contribution in [2.75, 3.05) is 4.72 Å². The van der Waals surface area contributed by atoms with Gasteiger partial charge in [0.15, 0.2) is 0 Å². The van der Waals surface area contributed by atoms with E-state index in [1.807, 2.05) is 0 Å². The van der Waals surface area contributed by atoms with Gasteiger partial charge in [0.1, 0.15) is 15.7 Å². The largest absolute Gasteiger partial charge is 0.389 e. The molecule has 0 spiro atoms.